The zero-order valence-electron chi connectivity index (χ0n) is 20.9. The Morgan fingerprint density at radius 2 is 2.00 bits per heavy atom. The summed E-state index contributed by atoms with van der Waals surface area (Å²) in [4.78, 5) is 11.8. The summed E-state index contributed by atoms with van der Waals surface area (Å²) in [6.45, 7) is 6.18. The lowest BCUT2D eigenvalue weighted by atomic mass is 9.77. The van der Waals surface area contributed by atoms with Gasteiger partial charge in [-0.25, -0.2) is 8.78 Å². The summed E-state index contributed by atoms with van der Waals surface area (Å²) in [5, 5.41) is 22.1. The van der Waals surface area contributed by atoms with E-state index in [1.54, 1.807) is 0 Å². The van der Waals surface area contributed by atoms with Crippen LogP contribution in [0, 0.1) is 29.4 Å². The number of β-amino-alcohol motifs (C(OH)–C–C–N with tert-alkyl or cyclic N) is 1. The van der Waals surface area contributed by atoms with Crippen LogP contribution in [0.1, 0.15) is 64.5 Å². The molecule has 1 heterocycles. The van der Waals surface area contributed by atoms with Crippen LogP contribution < -0.4 is 10.6 Å². The molecule has 3 N–H and O–H groups in total. The number of hydrogen-bond acceptors (Lipinski definition) is 4. The second-order valence-corrected chi connectivity index (χ2v) is 10.8. The van der Waals surface area contributed by atoms with Crippen molar-refractivity contribution in [2.45, 2.75) is 83.0 Å². The van der Waals surface area contributed by atoms with Crippen LogP contribution in [0.3, 0.4) is 0 Å². The molecule has 2 aliphatic carbocycles. The highest BCUT2D eigenvalue weighted by atomic mass is 19.1. The van der Waals surface area contributed by atoms with Crippen molar-refractivity contribution < 1.29 is 18.7 Å². The van der Waals surface area contributed by atoms with E-state index >= 15 is 0 Å². The summed E-state index contributed by atoms with van der Waals surface area (Å²) >= 11 is 0. The molecule has 2 fully saturated rings. The minimum atomic E-state index is -0.902. The van der Waals surface area contributed by atoms with Crippen LogP contribution >= 0.6 is 0 Å². The second kappa shape index (κ2) is 10.7. The number of halogens is 2. The van der Waals surface area contributed by atoms with Gasteiger partial charge in [0.15, 0.2) is 0 Å². The Bertz CT molecular complexity index is 979. The van der Waals surface area contributed by atoms with Gasteiger partial charge in [0.1, 0.15) is 11.6 Å². The molecule has 2 saturated carbocycles. The zero-order valence-corrected chi connectivity index (χ0v) is 20.9. The van der Waals surface area contributed by atoms with Gasteiger partial charge >= 0.3 is 0 Å². The van der Waals surface area contributed by atoms with Crippen LogP contribution in [-0.2, 0) is 11.2 Å². The SMILES string of the molecule is CC(=O)NC(Cc1cc(F)cc(F)c1)C(O)CNC1(C2CCCC(n3cccn3)C2)CC1C(C)C. The number of aliphatic hydroxyl groups is 1. The fourth-order valence-corrected chi connectivity index (χ4v) is 6.29. The monoisotopic (exact) mass is 488 g/mol. The molecule has 192 valence electrons. The van der Waals surface area contributed by atoms with Gasteiger partial charge in [0.05, 0.1) is 18.2 Å². The summed E-state index contributed by atoms with van der Waals surface area (Å²) in [5.41, 5.74) is 0.350. The van der Waals surface area contributed by atoms with Crippen molar-refractivity contribution in [3.8, 4) is 0 Å². The number of aliphatic hydroxyl groups excluding tert-OH is 1. The molecule has 2 aromatic rings. The third-order valence-corrected chi connectivity index (χ3v) is 8.01. The molecule has 2 aliphatic rings. The molecular formula is C27H38F2N4O2. The van der Waals surface area contributed by atoms with Gasteiger partial charge < -0.3 is 15.7 Å². The van der Waals surface area contributed by atoms with E-state index < -0.39 is 23.8 Å². The number of rotatable bonds is 10. The Kier molecular flexibility index (Phi) is 7.91. The standard InChI is InChI=1S/C27H38F2N4O2/c1-17(2)24-15-27(24,20-6-4-7-23(13-20)33-9-5-8-31-33)30-16-26(35)25(32-18(3)34)12-19-10-21(28)14-22(29)11-19/h5,8-11,14,17,20,23-26,30,35H,4,6-7,12-13,15-16H2,1-3H3,(H,32,34). The molecule has 0 bridgehead atoms. The summed E-state index contributed by atoms with van der Waals surface area (Å²) in [6.07, 6.45) is 8.63. The number of nitrogens with zero attached hydrogens (tertiary/aromatic N) is 2. The number of carbonyl (C=O) groups is 1. The van der Waals surface area contributed by atoms with E-state index in [1.807, 2.05) is 18.5 Å². The van der Waals surface area contributed by atoms with Crippen LogP contribution in [0.15, 0.2) is 36.7 Å². The van der Waals surface area contributed by atoms with Crippen molar-refractivity contribution in [3.63, 3.8) is 0 Å². The molecule has 0 aliphatic heterocycles. The first-order valence-electron chi connectivity index (χ1n) is 12.8. The largest absolute Gasteiger partial charge is 0.390 e. The molecule has 0 spiro atoms. The number of hydrogen-bond donors (Lipinski definition) is 3. The van der Waals surface area contributed by atoms with Gasteiger partial charge in [-0.2, -0.15) is 5.10 Å². The molecule has 0 radical (unpaired) electrons. The molecule has 1 aromatic carbocycles. The number of carbonyl (C=O) groups excluding carboxylic acids is 1. The fourth-order valence-electron chi connectivity index (χ4n) is 6.29. The number of nitrogens with one attached hydrogen (secondary N) is 2. The Morgan fingerprint density at radius 3 is 2.60 bits per heavy atom. The van der Waals surface area contributed by atoms with Crippen molar-refractivity contribution in [1.29, 1.82) is 0 Å². The third kappa shape index (κ3) is 6.09. The van der Waals surface area contributed by atoms with E-state index in [1.165, 1.54) is 19.1 Å². The first-order chi connectivity index (χ1) is 16.7. The molecule has 6 nitrogen and oxygen atoms in total. The van der Waals surface area contributed by atoms with Gasteiger partial charge in [-0.15, -0.1) is 0 Å². The van der Waals surface area contributed by atoms with Crippen molar-refractivity contribution in [3.05, 3.63) is 53.9 Å². The summed E-state index contributed by atoms with van der Waals surface area (Å²) < 4.78 is 29.5. The van der Waals surface area contributed by atoms with E-state index in [9.17, 15) is 18.7 Å². The van der Waals surface area contributed by atoms with E-state index in [2.05, 4.69) is 34.3 Å². The van der Waals surface area contributed by atoms with Gasteiger partial charge in [-0.05, 0) is 73.6 Å². The van der Waals surface area contributed by atoms with Crippen molar-refractivity contribution in [1.82, 2.24) is 20.4 Å². The van der Waals surface area contributed by atoms with E-state index in [0.29, 0.717) is 35.9 Å². The van der Waals surface area contributed by atoms with Crippen molar-refractivity contribution >= 4 is 5.91 Å². The zero-order chi connectivity index (χ0) is 25.2. The van der Waals surface area contributed by atoms with Gasteiger partial charge in [-0.1, -0.05) is 20.3 Å². The molecule has 1 amide bonds. The Morgan fingerprint density at radius 1 is 1.26 bits per heavy atom. The van der Waals surface area contributed by atoms with Gasteiger partial charge in [0.25, 0.3) is 0 Å². The van der Waals surface area contributed by atoms with Gasteiger partial charge in [-0.3, -0.25) is 9.48 Å². The van der Waals surface area contributed by atoms with E-state index in [4.69, 9.17) is 0 Å². The van der Waals surface area contributed by atoms with Crippen LogP contribution in [0.2, 0.25) is 0 Å². The fraction of sp³-hybridized carbons (Fsp3) is 0.630. The highest BCUT2D eigenvalue weighted by molar-refractivity contribution is 5.73. The van der Waals surface area contributed by atoms with Crippen LogP contribution in [0.5, 0.6) is 0 Å². The maximum Gasteiger partial charge on any atom is 0.217 e. The normalized spacial score (nSPS) is 28.0. The number of amides is 1. The van der Waals surface area contributed by atoms with Crippen LogP contribution in [-0.4, -0.2) is 45.0 Å². The third-order valence-electron chi connectivity index (χ3n) is 8.01. The predicted octanol–water partition coefficient (Wildman–Crippen LogP) is 4.01. The van der Waals surface area contributed by atoms with Crippen molar-refractivity contribution in [2.24, 2.45) is 17.8 Å². The van der Waals surface area contributed by atoms with E-state index in [0.717, 1.165) is 38.2 Å². The molecule has 35 heavy (non-hydrogen) atoms. The maximum absolute atomic E-state index is 13.7. The average Bonchev–Trinajstić information content (AvgIpc) is 3.29. The molecule has 0 saturated heterocycles. The molecule has 6 unspecified atom stereocenters. The summed E-state index contributed by atoms with van der Waals surface area (Å²) in [5.74, 6) is -0.119. The molecular weight excluding hydrogens is 450 g/mol. The summed E-state index contributed by atoms with van der Waals surface area (Å²) in [6, 6.07) is 5.00. The smallest absolute Gasteiger partial charge is 0.217 e. The highest BCUT2D eigenvalue weighted by Gasteiger charge is 2.59. The topological polar surface area (TPSA) is 79.2 Å². The van der Waals surface area contributed by atoms with Crippen molar-refractivity contribution in [2.75, 3.05) is 6.54 Å². The second-order valence-electron chi connectivity index (χ2n) is 10.8. The number of aromatic nitrogens is 2. The Labute approximate surface area is 206 Å². The highest BCUT2D eigenvalue weighted by Crippen LogP contribution is 2.57. The van der Waals surface area contributed by atoms with Gasteiger partial charge in [0.2, 0.25) is 5.91 Å². The minimum Gasteiger partial charge on any atom is -0.390 e. The first-order valence-corrected chi connectivity index (χ1v) is 12.8. The van der Waals surface area contributed by atoms with Gasteiger partial charge in [0, 0.05) is 37.5 Å². The maximum atomic E-state index is 13.7. The first kappa shape index (κ1) is 25.8. The molecule has 8 heteroatoms. The lowest BCUT2D eigenvalue weighted by molar-refractivity contribution is -0.120. The minimum absolute atomic E-state index is 0.0489. The van der Waals surface area contributed by atoms with Crippen LogP contribution in [0.25, 0.3) is 0 Å². The quantitative estimate of drug-likeness (QED) is 0.472. The predicted molar refractivity (Wildman–Crippen MR) is 131 cm³/mol. The lowest BCUT2D eigenvalue weighted by Crippen LogP contribution is -2.52. The Hall–Kier alpha value is -2.32. The Balaban J connectivity index is 1.45. The lowest BCUT2D eigenvalue weighted by Gasteiger charge is -2.38. The molecule has 1 aromatic heterocycles. The average molecular weight is 489 g/mol. The summed E-state index contributed by atoms with van der Waals surface area (Å²) in [7, 11) is 0. The molecule has 6 atom stereocenters. The molecule has 4 rings (SSSR count). The number of benzene rings is 1. The van der Waals surface area contributed by atoms with E-state index in [-0.39, 0.29) is 17.9 Å². The van der Waals surface area contributed by atoms with Crippen LogP contribution in [0.4, 0.5) is 8.78 Å².